The van der Waals surface area contributed by atoms with E-state index in [1.165, 1.54) is 7.11 Å². The minimum absolute atomic E-state index is 0.0840. The highest BCUT2D eigenvalue weighted by molar-refractivity contribution is 7.86. The van der Waals surface area contributed by atoms with Crippen LogP contribution >= 0.6 is 0 Å². The van der Waals surface area contributed by atoms with E-state index in [-0.39, 0.29) is 24.4 Å². The molecule has 164 valence electrons. The van der Waals surface area contributed by atoms with Crippen molar-refractivity contribution in [3.05, 3.63) is 66.2 Å². The molecule has 0 spiro atoms. The predicted molar refractivity (Wildman–Crippen MR) is 122 cm³/mol. The van der Waals surface area contributed by atoms with Gasteiger partial charge in [-0.15, -0.1) is 0 Å². The predicted octanol–water partition coefficient (Wildman–Crippen LogP) is 4.63. The lowest BCUT2D eigenvalue weighted by atomic mass is 10.1. The van der Waals surface area contributed by atoms with Crippen molar-refractivity contribution >= 4 is 32.6 Å². The Labute approximate surface area is 182 Å². The standard InChI is InChI=1S/C23H26N2O5S/c1-16(2)25(15-17-12-13-21(29-3)22(14-17)30-31(4,27)28)23(26)24-20-11-7-9-18-8-5-6-10-19(18)20/h5-14,16H,15H2,1-4H3,(H,24,26). The Morgan fingerprint density at radius 3 is 2.42 bits per heavy atom. The molecule has 7 nitrogen and oxygen atoms in total. The van der Waals surface area contributed by atoms with E-state index in [2.05, 4.69) is 5.32 Å². The topological polar surface area (TPSA) is 84.9 Å². The molecule has 0 saturated carbocycles. The number of fused-ring (bicyclic) bond motifs is 1. The molecule has 2 amide bonds. The largest absolute Gasteiger partial charge is 0.493 e. The van der Waals surface area contributed by atoms with E-state index in [9.17, 15) is 13.2 Å². The zero-order valence-corrected chi connectivity index (χ0v) is 18.8. The molecule has 0 atom stereocenters. The lowest BCUT2D eigenvalue weighted by Crippen LogP contribution is -2.39. The fourth-order valence-electron chi connectivity index (χ4n) is 3.25. The first-order valence-corrected chi connectivity index (χ1v) is 11.6. The van der Waals surface area contributed by atoms with Crippen molar-refractivity contribution in [1.82, 2.24) is 4.90 Å². The zero-order valence-electron chi connectivity index (χ0n) is 18.0. The van der Waals surface area contributed by atoms with Crippen molar-refractivity contribution in [2.45, 2.75) is 26.4 Å². The lowest BCUT2D eigenvalue weighted by Gasteiger charge is -2.27. The van der Waals surface area contributed by atoms with Crippen molar-refractivity contribution in [2.75, 3.05) is 18.7 Å². The number of hydrogen-bond acceptors (Lipinski definition) is 5. The van der Waals surface area contributed by atoms with Crippen LogP contribution < -0.4 is 14.2 Å². The Morgan fingerprint density at radius 1 is 1.03 bits per heavy atom. The number of rotatable bonds is 7. The highest BCUT2D eigenvalue weighted by atomic mass is 32.2. The second-order valence-corrected chi connectivity index (χ2v) is 9.03. The SMILES string of the molecule is COc1ccc(CN(C(=O)Nc2cccc3ccccc23)C(C)C)cc1OS(C)(=O)=O. The number of anilines is 1. The smallest absolute Gasteiger partial charge is 0.322 e. The summed E-state index contributed by atoms with van der Waals surface area (Å²) in [6.07, 6.45) is 0.969. The van der Waals surface area contributed by atoms with Gasteiger partial charge in [0.1, 0.15) is 0 Å². The molecule has 0 radical (unpaired) electrons. The molecule has 3 rings (SSSR count). The number of carbonyl (C=O) groups excluding carboxylic acids is 1. The van der Waals surface area contributed by atoms with E-state index >= 15 is 0 Å². The lowest BCUT2D eigenvalue weighted by molar-refractivity contribution is 0.193. The van der Waals surface area contributed by atoms with Gasteiger partial charge in [0.05, 0.1) is 19.1 Å². The van der Waals surface area contributed by atoms with E-state index in [0.29, 0.717) is 11.3 Å². The molecule has 0 aromatic heterocycles. The van der Waals surface area contributed by atoms with Crippen LogP contribution in [0.3, 0.4) is 0 Å². The van der Waals surface area contributed by atoms with Crippen LogP contribution in [0.25, 0.3) is 10.8 Å². The summed E-state index contributed by atoms with van der Waals surface area (Å²) >= 11 is 0. The Balaban J connectivity index is 1.85. The van der Waals surface area contributed by atoms with Crippen molar-refractivity contribution < 1.29 is 22.1 Å². The molecule has 8 heteroatoms. The van der Waals surface area contributed by atoms with Crippen molar-refractivity contribution in [3.63, 3.8) is 0 Å². The molecule has 3 aromatic rings. The van der Waals surface area contributed by atoms with E-state index in [0.717, 1.165) is 22.7 Å². The third-order valence-electron chi connectivity index (χ3n) is 4.74. The number of carbonyl (C=O) groups is 1. The fourth-order valence-corrected chi connectivity index (χ4v) is 3.71. The van der Waals surface area contributed by atoms with Gasteiger partial charge >= 0.3 is 16.1 Å². The summed E-state index contributed by atoms with van der Waals surface area (Å²) in [5.41, 5.74) is 1.44. The molecule has 3 aromatic carbocycles. The van der Waals surface area contributed by atoms with Crippen LogP contribution in [-0.4, -0.2) is 38.8 Å². The number of nitrogens with zero attached hydrogens (tertiary/aromatic N) is 1. The number of nitrogens with one attached hydrogen (secondary N) is 1. The quantitative estimate of drug-likeness (QED) is 0.539. The molecule has 0 aliphatic heterocycles. The summed E-state index contributed by atoms with van der Waals surface area (Å²) in [7, 11) is -2.29. The maximum atomic E-state index is 13.1. The Morgan fingerprint density at radius 2 is 1.74 bits per heavy atom. The number of ether oxygens (including phenoxy) is 1. The van der Waals surface area contributed by atoms with Crippen LogP contribution in [-0.2, 0) is 16.7 Å². The van der Waals surface area contributed by atoms with E-state index in [4.69, 9.17) is 8.92 Å². The second-order valence-electron chi connectivity index (χ2n) is 7.45. The fraction of sp³-hybridized carbons (Fsp3) is 0.261. The third kappa shape index (κ3) is 5.67. The first kappa shape index (κ1) is 22.4. The molecular weight excluding hydrogens is 416 g/mol. The first-order valence-electron chi connectivity index (χ1n) is 9.79. The molecule has 0 bridgehead atoms. The Hall–Kier alpha value is -3.26. The van der Waals surface area contributed by atoms with Crippen molar-refractivity contribution in [1.29, 1.82) is 0 Å². The number of amides is 2. The van der Waals surface area contributed by atoms with Gasteiger partial charge in [-0.1, -0.05) is 42.5 Å². The average Bonchev–Trinajstić information content (AvgIpc) is 2.71. The minimum atomic E-state index is -3.72. The molecule has 1 N–H and O–H groups in total. The summed E-state index contributed by atoms with van der Waals surface area (Å²) in [6, 6.07) is 18.2. The van der Waals surface area contributed by atoms with Crippen LogP contribution in [0, 0.1) is 0 Å². The van der Waals surface area contributed by atoms with E-state index < -0.39 is 10.1 Å². The summed E-state index contributed by atoms with van der Waals surface area (Å²) < 4.78 is 33.4. The second kappa shape index (κ2) is 9.26. The van der Waals surface area contributed by atoms with Gasteiger partial charge in [0.15, 0.2) is 11.5 Å². The number of urea groups is 1. The maximum absolute atomic E-state index is 13.1. The number of methoxy groups -OCH3 is 1. The third-order valence-corrected chi connectivity index (χ3v) is 5.22. The van der Waals surface area contributed by atoms with Gasteiger partial charge in [-0.3, -0.25) is 0 Å². The van der Waals surface area contributed by atoms with Gasteiger partial charge < -0.3 is 19.1 Å². The molecule has 0 aliphatic rings. The van der Waals surface area contributed by atoms with Crippen molar-refractivity contribution in [3.8, 4) is 11.5 Å². The maximum Gasteiger partial charge on any atom is 0.322 e. The van der Waals surface area contributed by atoms with Crippen LogP contribution in [0.1, 0.15) is 19.4 Å². The van der Waals surface area contributed by atoms with Crippen LogP contribution in [0.2, 0.25) is 0 Å². The highest BCUT2D eigenvalue weighted by Gasteiger charge is 2.20. The molecule has 0 aliphatic carbocycles. The molecule has 0 saturated heterocycles. The van der Waals surface area contributed by atoms with Gasteiger partial charge in [0.2, 0.25) is 0 Å². The number of hydrogen-bond donors (Lipinski definition) is 1. The Bertz CT molecular complexity index is 1190. The number of benzene rings is 3. The monoisotopic (exact) mass is 442 g/mol. The van der Waals surface area contributed by atoms with Crippen molar-refractivity contribution in [2.24, 2.45) is 0 Å². The molecule has 0 unspecified atom stereocenters. The summed E-state index contributed by atoms with van der Waals surface area (Å²) in [5.74, 6) is 0.381. The first-order chi connectivity index (χ1) is 14.7. The van der Waals surface area contributed by atoms with Gasteiger partial charge in [-0.25, -0.2) is 4.79 Å². The molecule has 0 fully saturated rings. The van der Waals surface area contributed by atoms with Crippen LogP contribution in [0.15, 0.2) is 60.7 Å². The Kier molecular flexibility index (Phi) is 6.70. The molecular formula is C23H26N2O5S. The normalized spacial score (nSPS) is 11.4. The molecule has 0 heterocycles. The highest BCUT2D eigenvalue weighted by Crippen LogP contribution is 2.30. The van der Waals surface area contributed by atoms with Crippen LogP contribution in [0.5, 0.6) is 11.5 Å². The molecule has 31 heavy (non-hydrogen) atoms. The van der Waals surface area contributed by atoms with Gasteiger partial charge in [-0.2, -0.15) is 8.42 Å². The minimum Gasteiger partial charge on any atom is -0.493 e. The van der Waals surface area contributed by atoms with Gasteiger partial charge in [0, 0.05) is 18.0 Å². The van der Waals surface area contributed by atoms with E-state index in [1.807, 2.05) is 56.3 Å². The van der Waals surface area contributed by atoms with Crippen LogP contribution in [0.4, 0.5) is 10.5 Å². The summed E-state index contributed by atoms with van der Waals surface area (Å²) in [4.78, 5) is 14.8. The summed E-state index contributed by atoms with van der Waals surface area (Å²) in [6.45, 7) is 4.10. The summed E-state index contributed by atoms with van der Waals surface area (Å²) in [5, 5.41) is 4.99. The zero-order chi connectivity index (χ0) is 22.6. The van der Waals surface area contributed by atoms with Gasteiger partial charge in [0.25, 0.3) is 0 Å². The van der Waals surface area contributed by atoms with Gasteiger partial charge in [-0.05, 0) is 43.0 Å². The van der Waals surface area contributed by atoms with E-state index in [1.54, 1.807) is 23.1 Å². The average molecular weight is 443 g/mol.